The second-order valence-electron chi connectivity index (χ2n) is 7.35. The Morgan fingerprint density at radius 3 is 3.00 bits per heavy atom. The van der Waals surface area contributed by atoms with Gasteiger partial charge >= 0.3 is 0 Å². The number of nitrogens with two attached hydrogens (primary N) is 1. The summed E-state index contributed by atoms with van der Waals surface area (Å²) in [6.07, 6.45) is 6.70. The third kappa shape index (κ3) is 4.86. The lowest BCUT2D eigenvalue weighted by Crippen LogP contribution is -2.31. The van der Waals surface area contributed by atoms with Gasteiger partial charge in [-0.05, 0) is 31.9 Å². The van der Waals surface area contributed by atoms with Crippen molar-refractivity contribution in [1.82, 2.24) is 19.9 Å². The second-order valence-corrected chi connectivity index (χ2v) is 7.76. The summed E-state index contributed by atoms with van der Waals surface area (Å²) in [6.45, 7) is 2.04. The first kappa shape index (κ1) is 22.3. The van der Waals surface area contributed by atoms with E-state index in [4.69, 9.17) is 17.3 Å². The number of unbranched alkanes of at least 4 members (excludes halogenated alkanes) is 1. The van der Waals surface area contributed by atoms with Crippen molar-refractivity contribution in [2.45, 2.75) is 31.7 Å². The highest BCUT2D eigenvalue weighted by molar-refractivity contribution is 6.33. The second kappa shape index (κ2) is 10.1. The van der Waals surface area contributed by atoms with Crippen molar-refractivity contribution >= 4 is 46.8 Å². The standard InChI is InChI=1S/C21H25ClN6O.ClH/c22-17-12-25-21(26-14-8-10-28(13-14)19(29)7-3-4-9-23)27-20(17)16-11-24-18-6-2-1-5-15(16)18;/h1-2,5-6,11-12,14,24H,3-4,7-10,13,23H2,(H,25,26,27);1H. The molecule has 30 heavy (non-hydrogen) atoms. The number of carbonyl (C=O) groups excluding carboxylic acids is 1. The molecule has 2 aromatic heterocycles. The zero-order valence-corrected chi connectivity index (χ0v) is 18.2. The van der Waals surface area contributed by atoms with Gasteiger partial charge in [-0.3, -0.25) is 4.79 Å². The Labute approximate surface area is 186 Å². The molecule has 1 amide bonds. The van der Waals surface area contributed by atoms with Crippen LogP contribution in [0.5, 0.6) is 0 Å². The minimum Gasteiger partial charge on any atom is -0.360 e. The monoisotopic (exact) mass is 448 g/mol. The van der Waals surface area contributed by atoms with Gasteiger partial charge in [0.25, 0.3) is 0 Å². The molecule has 1 unspecified atom stereocenters. The number of para-hydroxylation sites is 1. The summed E-state index contributed by atoms with van der Waals surface area (Å²) in [6, 6.07) is 8.17. The summed E-state index contributed by atoms with van der Waals surface area (Å²) >= 11 is 6.40. The van der Waals surface area contributed by atoms with Crippen molar-refractivity contribution in [3.8, 4) is 11.3 Å². The van der Waals surface area contributed by atoms with Crippen LogP contribution in [0.15, 0.2) is 36.7 Å². The molecular weight excluding hydrogens is 423 g/mol. The maximum absolute atomic E-state index is 12.3. The largest absolute Gasteiger partial charge is 0.360 e. The number of hydrogen-bond acceptors (Lipinski definition) is 5. The maximum atomic E-state index is 12.3. The van der Waals surface area contributed by atoms with E-state index in [1.807, 2.05) is 35.4 Å². The fraction of sp³-hybridized carbons (Fsp3) is 0.381. The molecule has 0 radical (unpaired) electrons. The van der Waals surface area contributed by atoms with Gasteiger partial charge in [0.2, 0.25) is 11.9 Å². The van der Waals surface area contributed by atoms with Crippen LogP contribution in [-0.2, 0) is 4.79 Å². The summed E-state index contributed by atoms with van der Waals surface area (Å²) in [4.78, 5) is 26.5. The molecule has 4 N–H and O–H groups in total. The number of hydrogen-bond donors (Lipinski definition) is 3. The Morgan fingerprint density at radius 1 is 1.33 bits per heavy atom. The number of nitrogens with one attached hydrogen (secondary N) is 2. The van der Waals surface area contributed by atoms with Crippen LogP contribution >= 0.6 is 24.0 Å². The van der Waals surface area contributed by atoms with Crippen LogP contribution < -0.4 is 11.1 Å². The Hall–Kier alpha value is -2.35. The van der Waals surface area contributed by atoms with E-state index in [1.165, 1.54) is 0 Å². The molecule has 1 fully saturated rings. The van der Waals surface area contributed by atoms with Gasteiger partial charge in [0.05, 0.1) is 16.9 Å². The third-order valence-electron chi connectivity index (χ3n) is 5.31. The lowest BCUT2D eigenvalue weighted by atomic mass is 10.1. The first-order valence-corrected chi connectivity index (χ1v) is 10.4. The van der Waals surface area contributed by atoms with E-state index in [9.17, 15) is 4.79 Å². The fourth-order valence-electron chi connectivity index (χ4n) is 3.76. The van der Waals surface area contributed by atoms with Gasteiger partial charge in [-0.25, -0.2) is 9.97 Å². The molecular formula is C21H26Cl2N6O. The molecule has 3 heterocycles. The Morgan fingerprint density at radius 2 is 2.17 bits per heavy atom. The molecule has 1 atom stereocenters. The van der Waals surface area contributed by atoms with Crippen molar-refractivity contribution in [2.75, 3.05) is 25.0 Å². The molecule has 0 bridgehead atoms. The van der Waals surface area contributed by atoms with Crippen LogP contribution in [0.4, 0.5) is 5.95 Å². The van der Waals surface area contributed by atoms with Gasteiger partial charge in [-0.1, -0.05) is 29.8 Å². The lowest BCUT2D eigenvalue weighted by molar-refractivity contribution is -0.130. The number of H-pyrrole nitrogens is 1. The number of aromatic amines is 1. The highest BCUT2D eigenvalue weighted by Gasteiger charge is 2.26. The molecule has 0 aliphatic carbocycles. The predicted molar refractivity (Wildman–Crippen MR) is 123 cm³/mol. The predicted octanol–water partition coefficient (Wildman–Crippen LogP) is 3.84. The van der Waals surface area contributed by atoms with Crippen molar-refractivity contribution in [2.24, 2.45) is 5.73 Å². The SMILES string of the molecule is Cl.NCCCCC(=O)N1CCC(Nc2ncc(Cl)c(-c3c[nH]c4ccccc34)n2)C1. The number of halogens is 2. The molecule has 1 aliphatic rings. The van der Waals surface area contributed by atoms with Crippen LogP contribution in [0.3, 0.4) is 0 Å². The van der Waals surface area contributed by atoms with Gasteiger partial charge < -0.3 is 20.9 Å². The Kier molecular flexibility index (Phi) is 7.53. The Balaban J connectivity index is 0.00000256. The van der Waals surface area contributed by atoms with Gasteiger partial charge in [0.15, 0.2) is 0 Å². The van der Waals surface area contributed by atoms with Crippen LogP contribution in [-0.4, -0.2) is 51.4 Å². The van der Waals surface area contributed by atoms with E-state index >= 15 is 0 Å². The van der Waals surface area contributed by atoms with E-state index in [1.54, 1.807) is 6.20 Å². The summed E-state index contributed by atoms with van der Waals surface area (Å²) in [5, 5.41) is 4.93. The first-order chi connectivity index (χ1) is 14.2. The topological polar surface area (TPSA) is 99.9 Å². The Bertz CT molecular complexity index is 1010. The number of likely N-dealkylation sites (tertiary alicyclic amines) is 1. The number of anilines is 1. The summed E-state index contributed by atoms with van der Waals surface area (Å²) < 4.78 is 0. The minimum atomic E-state index is 0. The number of rotatable bonds is 7. The zero-order chi connectivity index (χ0) is 20.2. The van der Waals surface area contributed by atoms with Gasteiger partial charge in [0, 0.05) is 48.2 Å². The highest BCUT2D eigenvalue weighted by atomic mass is 35.5. The van der Waals surface area contributed by atoms with E-state index < -0.39 is 0 Å². The van der Waals surface area contributed by atoms with Crippen molar-refractivity contribution in [3.05, 3.63) is 41.7 Å². The van der Waals surface area contributed by atoms with Gasteiger partial charge in [0.1, 0.15) is 0 Å². The van der Waals surface area contributed by atoms with Crippen LogP contribution in [0.1, 0.15) is 25.7 Å². The van der Waals surface area contributed by atoms with E-state index in [0.717, 1.165) is 42.3 Å². The fourth-order valence-corrected chi connectivity index (χ4v) is 3.95. The number of fused-ring (bicyclic) bond motifs is 1. The molecule has 4 rings (SSSR count). The molecule has 0 spiro atoms. The van der Waals surface area contributed by atoms with Crippen LogP contribution in [0.2, 0.25) is 5.02 Å². The third-order valence-corrected chi connectivity index (χ3v) is 5.58. The molecule has 0 saturated carbocycles. The quantitative estimate of drug-likeness (QED) is 0.476. The molecule has 1 saturated heterocycles. The minimum absolute atomic E-state index is 0. The smallest absolute Gasteiger partial charge is 0.223 e. The summed E-state index contributed by atoms with van der Waals surface area (Å²) in [7, 11) is 0. The average Bonchev–Trinajstić information content (AvgIpc) is 3.37. The lowest BCUT2D eigenvalue weighted by Gasteiger charge is -2.17. The van der Waals surface area contributed by atoms with E-state index in [2.05, 4.69) is 20.3 Å². The molecule has 1 aliphatic heterocycles. The molecule has 3 aromatic rings. The van der Waals surface area contributed by atoms with Gasteiger partial charge in [-0.15, -0.1) is 12.4 Å². The normalized spacial score (nSPS) is 15.9. The molecule has 9 heteroatoms. The number of carbonyl (C=O) groups is 1. The number of aromatic nitrogens is 3. The number of benzene rings is 1. The van der Waals surface area contributed by atoms with E-state index in [-0.39, 0.29) is 24.4 Å². The van der Waals surface area contributed by atoms with Gasteiger partial charge in [-0.2, -0.15) is 0 Å². The van der Waals surface area contributed by atoms with Crippen LogP contribution in [0, 0.1) is 0 Å². The van der Waals surface area contributed by atoms with Crippen LogP contribution in [0.25, 0.3) is 22.2 Å². The number of nitrogens with zero attached hydrogens (tertiary/aromatic N) is 3. The molecule has 1 aromatic carbocycles. The maximum Gasteiger partial charge on any atom is 0.223 e. The summed E-state index contributed by atoms with van der Waals surface area (Å²) in [5.74, 6) is 0.719. The molecule has 160 valence electrons. The summed E-state index contributed by atoms with van der Waals surface area (Å²) in [5.41, 5.74) is 8.17. The zero-order valence-electron chi connectivity index (χ0n) is 16.6. The highest BCUT2D eigenvalue weighted by Crippen LogP contribution is 2.32. The van der Waals surface area contributed by atoms with Crippen molar-refractivity contribution in [1.29, 1.82) is 0 Å². The molecule has 7 nitrogen and oxygen atoms in total. The average molecular weight is 449 g/mol. The van der Waals surface area contributed by atoms with E-state index in [0.29, 0.717) is 36.2 Å². The number of amides is 1. The van der Waals surface area contributed by atoms with Crippen molar-refractivity contribution in [3.63, 3.8) is 0 Å². The first-order valence-electron chi connectivity index (χ1n) is 9.99. The van der Waals surface area contributed by atoms with Crippen molar-refractivity contribution < 1.29 is 4.79 Å².